The standard InChI is InChI=1S/C18H24N2O6S/c1-11(14-8-12-3-4-13(14)7-12)19-27(23,24)18-10-17-16(9-15(18)20(21)22)25-5-2-6-26-17/h9-14,19H,2-8H2,1H3/t11-,12-,13-,14-/m0/s1. The van der Waals surface area contributed by atoms with Crippen molar-refractivity contribution in [3.05, 3.63) is 22.2 Å². The van der Waals surface area contributed by atoms with Gasteiger partial charge in [-0.1, -0.05) is 6.42 Å². The number of hydrogen-bond donors (Lipinski definition) is 1. The lowest BCUT2D eigenvalue weighted by molar-refractivity contribution is -0.387. The van der Waals surface area contributed by atoms with E-state index in [1.165, 1.54) is 18.9 Å². The second kappa shape index (κ2) is 6.94. The van der Waals surface area contributed by atoms with Crippen LogP contribution in [0.1, 0.15) is 39.0 Å². The van der Waals surface area contributed by atoms with Gasteiger partial charge in [-0.25, -0.2) is 13.1 Å². The van der Waals surface area contributed by atoms with E-state index in [4.69, 9.17) is 9.47 Å². The molecule has 2 aliphatic carbocycles. The highest BCUT2D eigenvalue weighted by molar-refractivity contribution is 7.89. The van der Waals surface area contributed by atoms with Gasteiger partial charge in [-0.3, -0.25) is 10.1 Å². The Balaban J connectivity index is 1.64. The second-order valence-corrected chi connectivity index (χ2v) is 9.51. The molecule has 1 aliphatic heterocycles. The topological polar surface area (TPSA) is 108 Å². The largest absolute Gasteiger partial charge is 0.490 e. The van der Waals surface area contributed by atoms with E-state index in [1.807, 2.05) is 6.92 Å². The van der Waals surface area contributed by atoms with Crippen molar-refractivity contribution in [1.29, 1.82) is 0 Å². The van der Waals surface area contributed by atoms with Gasteiger partial charge in [0.25, 0.3) is 5.69 Å². The number of ether oxygens (including phenoxy) is 2. The van der Waals surface area contributed by atoms with Gasteiger partial charge in [0.05, 0.1) is 24.2 Å². The van der Waals surface area contributed by atoms with Crippen LogP contribution >= 0.6 is 0 Å². The molecule has 9 heteroatoms. The van der Waals surface area contributed by atoms with Crippen molar-refractivity contribution < 1.29 is 22.8 Å². The van der Waals surface area contributed by atoms with Crippen LogP contribution in [0.2, 0.25) is 0 Å². The fourth-order valence-corrected chi connectivity index (χ4v) is 6.30. The number of rotatable bonds is 5. The van der Waals surface area contributed by atoms with Crippen LogP contribution in [-0.2, 0) is 10.0 Å². The zero-order valence-corrected chi connectivity index (χ0v) is 16.0. The fourth-order valence-electron chi connectivity index (χ4n) is 4.84. The van der Waals surface area contributed by atoms with Crippen molar-refractivity contribution >= 4 is 15.7 Å². The average molecular weight is 396 g/mol. The molecule has 0 radical (unpaired) electrons. The Morgan fingerprint density at radius 2 is 1.89 bits per heavy atom. The van der Waals surface area contributed by atoms with Crippen molar-refractivity contribution in [2.45, 2.75) is 50.0 Å². The second-order valence-electron chi connectivity index (χ2n) is 7.82. The maximum absolute atomic E-state index is 13.0. The van der Waals surface area contributed by atoms with E-state index in [0.717, 1.165) is 18.9 Å². The molecule has 0 aromatic heterocycles. The van der Waals surface area contributed by atoms with Gasteiger partial charge in [-0.05, 0) is 43.9 Å². The third-order valence-electron chi connectivity index (χ3n) is 6.09. The summed E-state index contributed by atoms with van der Waals surface area (Å²) in [6.07, 6.45) is 5.20. The highest BCUT2D eigenvalue weighted by Gasteiger charge is 2.43. The van der Waals surface area contributed by atoms with Gasteiger partial charge in [-0.15, -0.1) is 0 Å². The molecule has 27 heavy (non-hydrogen) atoms. The SMILES string of the molecule is C[C@H](NS(=O)(=O)c1cc2c(cc1[N+](=O)[O-])OCCCO2)[C@@H]1C[C@H]2CC[C@H]1C2. The van der Waals surface area contributed by atoms with E-state index in [1.54, 1.807) is 0 Å². The summed E-state index contributed by atoms with van der Waals surface area (Å²) in [5, 5.41) is 11.5. The zero-order chi connectivity index (χ0) is 19.2. The maximum atomic E-state index is 13.0. The number of sulfonamides is 1. The van der Waals surface area contributed by atoms with Crippen LogP contribution < -0.4 is 14.2 Å². The van der Waals surface area contributed by atoms with Crippen LogP contribution in [0.15, 0.2) is 17.0 Å². The normalized spacial score (nSPS) is 28.0. The Morgan fingerprint density at radius 3 is 2.48 bits per heavy atom. The van der Waals surface area contributed by atoms with E-state index in [9.17, 15) is 18.5 Å². The molecule has 0 unspecified atom stereocenters. The molecule has 1 heterocycles. The number of nitrogens with one attached hydrogen (secondary N) is 1. The summed E-state index contributed by atoms with van der Waals surface area (Å²) in [6, 6.07) is 2.10. The molecule has 148 valence electrons. The minimum absolute atomic E-state index is 0.208. The number of hydrogen-bond acceptors (Lipinski definition) is 6. The Kier molecular flexibility index (Phi) is 4.75. The molecule has 2 saturated carbocycles. The maximum Gasteiger partial charge on any atom is 0.293 e. The number of nitro groups is 1. The van der Waals surface area contributed by atoms with Crippen LogP contribution in [-0.4, -0.2) is 32.6 Å². The van der Waals surface area contributed by atoms with Crippen LogP contribution in [0.5, 0.6) is 11.5 Å². The lowest BCUT2D eigenvalue weighted by Crippen LogP contribution is -2.40. The first-order chi connectivity index (χ1) is 12.8. The van der Waals surface area contributed by atoms with Crippen molar-refractivity contribution in [3.8, 4) is 11.5 Å². The zero-order valence-electron chi connectivity index (χ0n) is 15.2. The lowest BCUT2D eigenvalue weighted by Gasteiger charge is -2.28. The van der Waals surface area contributed by atoms with E-state index in [0.29, 0.717) is 31.5 Å². The van der Waals surface area contributed by atoms with E-state index >= 15 is 0 Å². The van der Waals surface area contributed by atoms with Crippen LogP contribution in [0.25, 0.3) is 0 Å². The van der Waals surface area contributed by atoms with Gasteiger partial charge in [-0.2, -0.15) is 0 Å². The van der Waals surface area contributed by atoms with Crippen molar-refractivity contribution in [2.24, 2.45) is 17.8 Å². The first kappa shape index (κ1) is 18.5. The molecular formula is C18H24N2O6S. The number of fused-ring (bicyclic) bond motifs is 3. The molecule has 2 bridgehead atoms. The molecular weight excluding hydrogens is 372 g/mol. The molecule has 0 saturated heterocycles. The fraction of sp³-hybridized carbons (Fsp3) is 0.667. The molecule has 2 fully saturated rings. The summed E-state index contributed by atoms with van der Waals surface area (Å²) in [5.74, 6) is 1.97. The van der Waals surface area contributed by atoms with Gasteiger partial charge >= 0.3 is 0 Å². The minimum Gasteiger partial charge on any atom is -0.490 e. The van der Waals surface area contributed by atoms with Gasteiger partial charge in [0.15, 0.2) is 16.4 Å². The molecule has 4 atom stereocenters. The van der Waals surface area contributed by atoms with Gasteiger partial charge in [0.2, 0.25) is 10.0 Å². The first-order valence-electron chi connectivity index (χ1n) is 9.45. The molecule has 3 aliphatic rings. The average Bonchev–Trinajstić information content (AvgIpc) is 3.17. The Bertz CT molecular complexity index is 856. The van der Waals surface area contributed by atoms with Crippen LogP contribution in [0.3, 0.4) is 0 Å². The smallest absolute Gasteiger partial charge is 0.293 e. The predicted molar refractivity (Wildman–Crippen MR) is 97.4 cm³/mol. The third kappa shape index (κ3) is 3.50. The summed E-state index contributed by atoms with van der Waals surface area (Å²) in [6.45, 7) is 2.60. The van der Waals surface area contributed by atoms with Gasteiger partial charge in [0.1, 0.15) is 0 Å². The lowest BCUT2D eigenvalue weighted by atomic mass is 9.84. The predicted octanol–water partition coefficient (Wildman–Crippen LogP) is 2.86. The monoisotopic (exact) mass is 396 g/mol. The quantitative estimate of drug-likeness (QED) is 0.606. The van der Waals surface area contributed by atoms with Crippen molar-refractivity contribution in [3.63, 3.8) is 0 Å². The summed E-state index contributed by atoms with van der Waals surface area (Å²) in [4.78, 5) is 10.4. The third-order valence-corrected chi connectivity index (χ3v) is 7.68. The van der Waals surface area contributed by atoms with Crippen molar-refractivity contribution in [1.82, 2.24) is 4.72 Å². The number of nitrogens with zero attached hydrogens (tertiary/aromatic N) is 1. The molecule has 8 nitrogen and oxygen atoms in total. The van der Waals surface area contributed by atoms with Crippen molar-refractivity contribution in [2.75, 3.05) is 13.2 Å². The molecule has 1 aromatic rings. The first-order valence-corrected chi connectivity index (χ1v) is 10.9. The summed E-state index contributed by atoms with van der Waals surface area (Å²) in [5.41, 5.74) is -0.494. The summed E-state index contributed by atoms with van der Waals surface area (Å²) in [7, 11) is -4.06. The van der Waals surface area contributed by atoms with Crippen LogP contribution in [0, 0.1) is 27.9 Å². The molecule has 1 aromatic carbocycles. The van der Waals surface area contributed by atoms with Gasteiger partial charge < -0.3 is 9.47 Å². The Hall–Kier alpha value is -1.87. The number of benzene rings is 1. The van der Waals surface area contributed by atoms with E-state index in [2.05, 4.69) is 4.72 Å². The van der Waals surface area contributed by atoms with Gasteiger partial charge in [0, 0.05) is 18.5 Å². The molecule has 1 N–H and O–H groups in total. The molecule has 0 amide bonds. The highest BCUT2D eigenvalue weighted by atomic mass is 32.2. The van der Waals surface area contributed by atoms with Crippen LogP contribution in [0.4, 0.5) is 5.69 Å². The summed E-state index contributed by atoms with van der Waals surface area (Å²) >= 11 is 0. The van der Waals surface area contributed by atoms with E-state index in [-0.39, 0.29) is 28.4 Å². The molecule has 4 rings (SSSR count). The molecule has 0 spiro atoms. The highest BCUT2D eigenvalue weighted by Crippen LogP contribution is 2.49. The summed E-state index contributed by atoms with van der Waals surface area (Å²) < 4.78 is 39.7. The Morgan fingerprint density at radius 1 is 1.19 bits per heavy atom. The number of nitro benzene ring substituents is 1. The Labute approximate surface area is 158 Å². The van der Waals surface area contributed by atoms with E-state index < -0.39 is 20.6 Å². The minimum atomic E-state index is -4.06.